The van der Waals surface area contributed by atoms with E-state index >= 15 is 4.39 Å². The average molecular weight is 511 g/mol. The van der Waals surface area contributed by atoms with Gasteiger partial charge in [0, 0.05) is 38.4 Å². The highest BCUT2D eigenvalue weighted by atomic mass is 19.3. The Morgan fingerprint density at radius 2 is 1.89 bits per heavy atom. The van der Waals surface area contributed by atoms with Crippen molar-refractivity contribution in [2.45, 2.75) is 51.0 Å². The van der Waals surface area contributed by atoms with Crippen molar-refractivity contribution in [2.24, 2.45) is 5.92 Å². The van der Waals surface area contributed by atoms with Crippen molar-refractivity contribution in [3.05, 3.63) is 89.0 Å². The summed E-state index contributed by atoms with van der Waals surface area (Å²) in [4.78, 5) is 22.2. The lowest BCUT2D eigenvalue weighted by Crippen LogP contribution is -2.31. The van der Waals surface area contributed by atoms with Crippen LogP contribution in [0.2, 0.25) is 0 Å². The predicted molar refractivity (Wildman–Crippen MR) is 132 cm³/mol. The number of benzene rings is 2. The first-order valence-corrected chi connectivity index (χ1v) is 12.4. The molecule has 0 saturated heterocycles. The molecule has 2 heterocycles. The van der Waals surface area contributed by atoms with Gasteiger partial charge in [-0.2, -0.15) is 0 Å². The first-order valence-electron chi connectivity index (χ1n) is 12.4. The van der Waals surface area contributed by atoms with Gasteiger partial charge in [-0.1, -0.05) is 30.3 Å². The zero-order valence-electron chi connectivity index (χ0n) is 20.5. The van der Waals surface area contributed by atoms with E-state index in [1.54, 1.807) is 24.5 Å². The van der Waals surface area contributed by atoms with Gasteiger partial charge in [0.05, 0.1) is 25.0 Å². The summed E-state index contributed by atoms with van der Waals surface area (Å²) in [6, 6.07) is 13.0. The molecule has 0 bridgehead atoms. The molecule has 2 aliphatic rings. The Morgan fingerprint density at radius 1 is 1.16 bits per heavy atom. The van der Waals surface area contributed by atoms with E-state index in [0.29, 0.717) is 24.4 Å². The number of ether oxygens (including phenoxy) is 1. The van der Waals surface area contributed by atoms with Gasteiger partial charge >= 0.3 is 0 Å². The van der Waals surface area contributed by atoms with Gasteiger partial charge in [-0.15, -0.1) is 0 Å². The molecule has 2 unspecified atom stereocenters. The number of aromatic nitrogens is 2. The van der Waals surface area contributed by atoms with Gasteiger partial charge in [0.15, 0.2) is 0 Å². The molecule has 1 saturated carbocycles. The maximum absolute atomic E-state index is 15.0. The number of hydrogen-bond acceptors (Lipinski definition) is 5. The molecule has 3 atom stereocenters. The van der Waals surface area contributed by atoms with Crippen LogP contribution in [0.5, 0.6) is 5.75 Å². The van der Waals surface area contributed by atoms with Crippen LogP contribution in [0.4, 0.5) is 13.2 Å². The normalized spacial score (nSPS) is 21.1. The van der Waals surface area contributed by atoms with Crippen LogP contribution < -0.4 is 10.1 Å². The molecule has 1 aromatic heterocycles. The molecule has 37 heavy (non-hydrogen) atoms. The summed E-state index contributed by atoms with van der Waals surface area (Å²) in [6.45, 7) is 3.31. The van der Waals surface area contributed by atoms with Gasteiger partial charge in [0.25, 0.3) is 5.92 Å². The van der Waals surface area contributed by atoms with Crippen LogP contribution in [-0.4, -0.2) is 39.8 Å². The third kappa shape index (κ3) is 6.28. The molecule has 1 N–H and O–H groups in total. The van der Waals surface area contributed by atoms with E-state index in [0.717, 1.165) is 22.3 Å². The summed E-state index contributed by atoms with van der Waals surface area (Å²) in [6.07, 6.45) is 3.57. The molecule has 2 aromatic carbocycles. The molecule has 1 aliphatic carbocycles. The summed E-state index contributed by atoms with van der Waals surface area (Å²) in [5.74, 6) is -3.03. The second-order valence-electron chi connectivity index (χ2n) is 9.93. The van der Waals surface area contributed by atoms with Crippen molar-refractivity contribution in [3.63, 3.8) is 0 Å². The smallest absolute Gasteiger partial charge is 0.255 e. The summed E-state index contributed by atoms with van der Waals surface area (Å²) in [7, 11) is 0. The second kappa shape index (κ2) is 10.5. The monoisotopic (exact) mass is 510 g/mol. The molecule has 3 aromatic rings. The number of carbonyl (C=O) groups is 1. The van der Waals surface area contributed by atoms with Crippen LogP contribution >= 0.6 is 0 Å². The fraction of sp³-hybridized carbons (Fsp3) is 0.393. The van der Waals surface area contributed by atoms with Crippen molar-refractivity contribution in [1.82, 2.24) is 20.2 Å². The van der Waals surface area contributed by atoms with Crippen LogP contribution in [0.25, 0.3) is 0 Å². The number of rotatable bonds is 9. The highest BCUT2D eigenvalue weighted by molar-refractivity contribution is 5.78. The van der Waals surface area contributed by atoms with E-state index in [2.05, 4.69) is 15.3 Å². The van der Waals surface area contributed by atoms with Crippen molar-refractivity contribution in [1.29, 1.82) is 0 Å². The minimum absolute atomic E-state index is 0.0465. The zero-order valence-corrected chi connectivity index (χ0v) is 20.5. The minimum atomic E-state index is -2.63. The van der Waals surface area contributed by atoms with Crippen molar-refractivity contribution >= 4 is 5.91 Å². The minimum Gasteiger partial charge on any atom is -0.493 e. The summed E-state index contributed by atoms with van der Waals surface area (Å²) >= 11 is 0. The Balaban J connectivity index is 1.14. The van der Waals surface area contributed by atoms with E-state index in [1.165, 1.54) is 6.33 Å². The maximum atomic E-state index is 15.0. The zero-order chi connectivity index (χ0) is 26.0. The maximum Gasteiger partial charge on any atom is 0.255 e. The van der Waals surface area contributed by atoms with Gasteiger partial charge < -0.3 is 10.1 Å². The SMILES string of the molecule is C[C@H](NC(=O)Cc1cncnc1)c1ccc(CN2Cc3ccc(OCC4CC4(F)F)cc3C(F)C2)cc1. The molecule has 6 nitrogen and oxygen atoms in total. The second-order valence-corrected chi connectivity index (χ2v) is 9.93. The quantitative estimate of drug-likeness (QED) is 0.441. The molecule has 0 spiro atoms. The highest BCUT2D eigenvalue weighted by Crippen LogP contribution is 2.48. The van der Waals surface area contributed by atoms with Crippen LogP contribution in [-0.2, 0) is 24.3 Å². The molecule has 5 rings (SSSR count). The van der Waals surface area contributed by atoms with Gasteiger partial charge in [0.2, 0.25) is 5.91 Å². The number of alkyl halides is 3. The Morgan fingerprint density at radius 3 is 2.59 bits per heavy atom. The van der Waals surface area contributed by atoms with E-state index in [-0.39, 0.29) is 37.9 Å². The Labute approximate surface area is 213 Å². The number of fused-ring (bicyclic) bond motifs is 1. The highest BCUT2D eigenvalue weighted by Gasteiger charge is 2.57. The van der Waals surface area contributed by atoms with Crippen molar-refractivity contribution in [3.8, 4) is 5.75 Å². The number of nitrogens with one attached hydrogen (secondary N) is 1. The van der Waals surface area contributed by atoms with Crippen molar-refractivity contribution < 1.29 is 22.7 Å². The molecule has 0 radical (unpaired) electrons. The molecule has 194 valence electrons. The summed E-state index contributed by atoms with van der Waals surface area (Å²) in [5, 5.41) is 2.99. The first kappa shape index (κ1) is 25.2. The lowest BCUT2D eigenvalue weighted by atomic mass is 9.97. The third-order valence-electron chi connectivity index (χ3n) is 6.92. The Kier molecular flexibility index (Phi) is 7.15. The van der Waals surface area contributed by atoms with E-state index in [9.17, 15) is 13.6 Å². The molecule has 1 fully saturated rings. The molecule has 1 amide bonds. The van der Waals surface area contributed by atoms with Crippen LogP contribution in [0.1, 0.15) is 53.4 Å². The first-order chi connectivity index (χ1) is 17.8. The lowest BCUT2D eigenvalue weighted by molar-refractivity contribution is -0.121. The fourth-order valence-electron chi connectivity index (χ4n) is 4.65. The van der Waals surface area contributed by atoms with Gasteiger partial charge in [-0.3, -0.25) is 9.69 Å². The average Bonchev–Trinajstić information content (AvgIpc) is 3.50. The number of halogens is 3. The predicted octanol–water partition coefficient (Wildman–Crippen LogP) is 4.96. The standard InChI is InChI=1S/C28H29F3N4O2/c1-18(34-27(36)8-20-11-32-17-33-12-20)21-4-2-19(3-5-21)13-35-14-22-6-7-24(9-25(22)26(29)15-35)37-16-23-10-28(23,30)31/h2-7,9,11-12,17-18,23,26H,8,10,13-16H2,1H3,(H,34,36)/t18-,23?,26?/m0/s1. The molecular formula is C28H29F3N4O2. The van der Waals surface area contributed by atoms with Crippen LogP contribution in [0.3, 0.4) is 0 Å². The van der Waals surface area contributed by atoms with E-state index in [1.807, 2.05) is 42.2 Å². The fourth-order valence-corrected chi connectivity index (χ4v) is 4.65. The molecule has 1 aliphatic heterocycles. The Hall–Kier alpha value is -3.46. The van der Waals surface area contributed by atoms with Crippen LogP contribution in [0.15, 0.2) is 61.2 Å². The Bertz CT molecular complexity index is 1240. The topological polar surface area (TPSA) is 67.4 Å². The van der Waals surface area contributed by atoms with Gasteiger partial charge in [-0.25, -0.2) is 23.1 Å². The summed E-state index contributed by atoms with van der Waals surface area (Å²) in [5.41, 5.74) is 4.22. The van der Waals surface area contributed by atoms with Crippen molar-refractivity contribution in [2.75, 3.05) is 13.2 Å². The molecular weight excluding hydrogens is 481 g/mol. The van der Waals surface area contributed by atoms with Crippen LogP contribution in [0, 0.1) is 5.92 Å². The number of nitrogens with zero attached hydrogens (tertiary/aromatic N) is 3. The number of hydrogen-bond donors (Lipinski definition) is 1. The van der Waals surface area contributed by atoms with Gasteiger partial charge in [0.1, 0.15) is 18.2 Å². The van der Waals surface area contributed by atoms with Gasteiger partial charge in [-0.05, 0) is 46.9 Å². The lowest BCUT2D eigenvalue weighted by Gasteiger charge is -2.31. The molecule has 9 heteroatoms. The largest absolute Gasteiger partial charge is 0.493 e. The van der Waals surface area contributed by atoms with E-state index in [4.69, 9.17) is 4.74 Å². The number of carbonyl (C=O) groups excluding carboxylic acids is 1. The third-order valence-corrected chi connectivity index (χ3v) is 6.92. The number of amides is 1. The van der Waals surface area contributed by atoms with E-state index < -0.39 is 18.0 Å². The summed E-state index contributed by atoms with van der Waals surface area (Å²) < 4.78 is 46.7.